The molecule has 1 saturated heterocycles. The molecule has 1 aliphatic rings. The normalized spacial score (nSPS) is 15.0. The number of hydrogen-bond donors (Lipinski definition) is 3. The molecule has 3 aromatic rings. The summed E-state index contributed by atoms with van der Waals surface area (Å²) in [5.41, 5.74) is 0.439. The number of aromatic nitrogens is 3. The lowest BCUT2D eigenvalue weighted by Gasteiger charge is -2.32. The molecule has 0 aliphatic carbocycles. The molecule has 0 radical (unpaired) electrons. The van der Waals surface area contributed by atoms with Crippen LogP contribution in [0, 0.1) is 0 Å². The molecule has 3 N–H and O–H groups in total. The number of carbonyl (C=O) groups excluding carboxylic acids is 1. The molecule has 1 aliphatic heterocycles. The first-order valence-electron chi connectivity index (χ1n) is 10.6. The largest absolute Gasteiger partial charge is 0.481 e. The molecule has 0 spiro atoms. The number of aryl methyl sites for hydroxylation is 1. The van der Waals surface area contributed by atoms with E-state index in [4.69, 9.17) is 5.11 Å². The van der Waals surface area contributed by atoms with Crippen LogP contribution in [0.1, 0.15) is 41.1 Å². The van der Waals surface area contributed by atoms with Gasteiger partial charge in [0.15, 0.2) is 0 Å². The van der Waals surface area contributed by atoms with Gasteiger partial charge in [0.2, 0.25) is 0 Å². The molecule has 1 fully saturated rings. The number of hydrogen-bond acceptors (Lipinski definition) is 6. The molecule has 1 amide bonds. The SMILES string of the molecule is O=C(O)CCc1cn2cc(NC(=O)c3cccc(C(F)(F)F)n3)c(N3CCC(O)CC3)cc2n1. The quantitative estimate of drug-likeness (QED) is 0.499. The Morgan fingerprint density at radius 3 is 2.56 bits per heavy atom. The van der Waals surface area contributed by atoms with E-state index in [2.05, 4.69) is 15.3 Å². The van der Waals surface area contributed by atoms with Gasteiger partial charge in [-0.2, -0.15) is 13.2 Å². The molecule has 0 aromatic carbocycles. The van der Waals surface area contributed by atoms with Gasteiger partial charge in [0.25, 0.3) is 5.91 Å². The minimum Gasteiger partial charge on any atom is -0.481 e. The van der Waals surface area contributed by atoms with Crippen molar-refractivity contribution < 1.29 is 33.0 Å². The number of fused-ring (bicyclic) bond motifs is 1. The van der Waals surface area contributed by atoms with Crippen molar-refractivity contribution in [3.63, 3.8) is 0 Å². The van der Waals surface area contributed by atoms with E-state index >= 15 is 0 Å². The number of carboxylic acid groups (broad SMARTS) is 1. The highest BCUT2D eigenvalue weighted by molar-refractivity contribution is 6.04. The van der Waals surface area contributed by atoms with Crippen LogP contribution in [0.15, 0.2) is 36.7 Å². The Labute approximate surface area is 191 Å². The number of nitrogens with one attached hydrogen (secondary N) is 1. The molecule has 0 bridgehead atoms. The predicted molar refractivity (Wildman–Crippen MR) is 116 cm³/mol. The van der Waals surface area contributed by atoms with Crippen LogP contribution in [0.3, 0.4) is 0 Å². The van der Waals surface area contributed by atoms with E-state index in [1.54, 1.807) is 22.9 Å². The van der Waals surface area contributed by atoms with E-state index in [1.807, 2.05) is 4.90 Å². The fourth-order valence-electron chi connectivity index (χ4n) is 3.80. The third-order valence-corrected chi connectivity index (χ3v) is 5.54. The second kappa shape index (κ2) is 9.29. The van der Waals surface area contributed by atoms with Crippen molar-refractivity contribution >= 4 is 28.9 Å². The molecule has 9 nitrogen and oxygen atoms in total. The van der Waals surface area contributed by atoms with E-state index in [0.29, 0.717) is 48.6 Å². The number of halogens is 3. The van der Waals surface area contributed by atoms with Gasteiger partial charge in [-0.3, -0.25) is 9.59 Å². The van der Waals surface area contributed by atoms with Crippen molar-refractivity contribution in [3.05, 3.63) is 53.7 Å². The number of nitrogens with zero attached hydrogens (tertiary/aromatic N) is 4. The average molecular weight is 477 g/mol. The van der Waals surface area contributed by atoms with Gasteiger partial charge in [-0.1, -0.05) is 6.07 Å². The van der Waals surface area contributed by atoms with E-state index in [9.17, 15) is 27.9 Å². The number of amides is 1. The number of alkyl halides is 3. The molecule has 34 heavy (non-hydrogen) atoms. The van der Waals surface area contributed by atoms with Crippen LogP contribution in [0.2, 0.25) is 0 Å². The lowest BCUT2D eigenvalue weighted by molar-refractivity contribution is -0.141. The Hall–Kier alpha value is -3.67. The molecule has 0 atom stereocenters. The maximum absolute atomic E-state index is 13.0. The number of aliphatic carboxylic acids is 1. The Morgan fingerprint density at radius 2 is 1.88 bits per heavy atom. The highest BCUT2D eigenvalue weighted by atomic mass is 19.4. The number of pyridine rings is 2. The molecule has 0 unspecified atom stereocenters. The van der Waals surface area contributed by atoms with Crippen molar-refractivity contribution in [2.24, 2.45) is 0 Å². The van der Waals surface area contributed by atoms with Gasteiger partial charge in [-0.15, -0.1) is 0 Å². The molecule has 0 saturated carbocycles. The van der Waals surface area contributed by atoms with Crippen LogP contribution in [0.25, 0.3) is 5.65 Å². The number of carbonyl (C=O) groups is 2. The van der Waals surface area contributed by atoms with Crippen molar-refractivity contribution in [3.8, 4) is 0 Å². The monoisotopic (exact) mass is 477 g/mol. The third kappa shape index (κ3) is 5.28. The summed E-state index contributed by atoms with van der Waals surface area (Å²) in [4.78, 5) is 33.5. The van der Waals surface area contributed by atoms with Crippen LogP contribution < -0.4 is 10.2 Å². The Kier molecular flexibility index (Phi) is 6.42. The maximum Gasteiger partial charge on any atom is 0.433 e. The van der Waals surface area contributed by atoms with E-state index < -0.39 is 29.9 Å². The first-order chi connectivity index (χ1) is 16.1. The van der Waals surface area contributed by atoms with Crippen LogP contribution in [0.5, 0.6) is 0 Å². The first kappa shape index (κ1) is 23.5. The molecular formula is C22H22F3N5O4. The van der Waals surface area contributed by atoms with Crippen molar-refractivity contribution in [1.82, 2.24) is 14.4 Å². The number of anilines is 2. The zero-order chi connectivity index (χ0) is 24.5. The highest BCUT2D eigenvalue weighted by Gasteiger charge is 2.33. The summed E-state index contributed by atoms with van der Waals surface area (Å²) in [6.07, 6.45) is -0.722. The number of aliphatic hydroxyl groups excluding tert-OH is 1. The summed E-state index contributed by atoms with van der Waals surface area (Å²) in [6.45, 7) is 1.02. The highest BCUT2D eigenvalue weighted by Crippen LogP contribution is 2.31. The minimum absolute atomic E-state index is 0.0917. The molecule has 12 heteroatoms. The minimum atomic E-state index is -4.68. The summed E-state index contributed by atoms with van der Waals surface area (Å²) in [7, 11) is 0. The van der Waals surface area contributed by atoms with Gasteiger partial charge >= 0.3 is 12.1 Å². The number of imidazole rings is 1. The predicted octanol–water partition coefficient (Wildman–Crippen LogP) is 2.98. The van der Waals surface area contributed by atoms with E-state index in [-0.39, 0.29) is 18.5 Å². The van der Waals surface area contributed by atoms with Crippen molar-refractivity contribution in [2.75, 3.05) is 23.3 Å². The van der Waals surface area contributed by atoms with E-state index in [1.165, 1.54) is 6.07 Å². The Morgan fingerprint density at radius 1 is 1.15 bits per heavy atom. The van der Waals surface area contributed by atoms with Crippen LogP contribution in [-0.4, -0.2) is 55.7 Å². The van der Waals surface area contributed by atoms with Crippen LogP contribution in [0.4, 0.5) is 24.5 Å². The zero-order valence-electron chi connectivity index (χ0n) is 17.9. The maximum atomic E-state index is 13.0. The average Bonchev–Trinajstić information content (AvgIpc) is 3.19. The Bertz CT molecular complexity index is 1220. The van der Waals surface area contributed by atoms with Gasteiger partial charge in [-0.25, -0.2) is 9.97 Å². The van der Waals surface area contributed by atoms with Gasteiger partial charge in [-0.05, 0) is 25.0 Å². The van der Waals surface area contributed by atoms with Gasteiger partial charge in [0, 0.05) is 38.0 Å². The molecular weight excluding hydrogens is 455 g/mol. The standard InChI is InChI=1S/C22H22F3N5O4/c23-22(24,25)18-3-1-2-15(27-18)21(34)28-16-12-30-11-13(4-5-20(32)33)26-19(30)10-17(16)29-8-6-14(31)7-9-29/h1-3,10-12,14,31H,4-9H2,(H,28,34)(H,32,33). The molecule has 4 rings (SSSR count). The number of aliphatic hydroxyl groups is 1. The summed E-state index contributed by atoms with van der Waals surface area (Å²) < 4.78 is 40.7. The summed E-state index contributed by atoms with van der Waals surface area (Å²) in [5.74, 6) is -1.76. The zero-order valence-corrected chi connectivity index (χ0v) is 17.9. The fourth-order valence-corrected chi connectivity index (χ4v) is 3.80. The lowest BCUT2D eigenvalue weighted by Crippen LogP contribution is -2.36. The molecule has 4 heterocycles. The van der Waals surface area contributed by atoms with Crippen LogP contribution >= 0.6 is 0 Å². The second-order valence-electron chi connectivity index (χ2n) is 8.04. The lowest BCUT2D eigenvalue weighted by atomic mass is 10.1. The van der Waals surface area contributed by atoms with Crippen molar-refractivity contribution in [2.45, 2.75) is 38.0 Å². The van der Waals surface area contributed by atoms with Gasteiger partial charge < -0.3 is 24.8 Å². The van der Waals surface area contributed by atoms with Crippen LogP contribution in [-0.2, 0) is 17.4 Å². The number of piperidine rings is 1. The summed E-state index contributed by atoms with van der Waals surface area (Å²) in [6, 6.07) is 4.82. The van der Waals surface area contributed by atoms with Gasteiger partial charge in [0.1, 0.15) is 17.0 Å². The summed E-state index contributed by atoms with van der Waals surface area (Å²) in [5, 5.41) is 21.4. The molecule has 180 valence electrons. The first-order valence-corrected chi connectivity index (χ1v) is 10.6. The van der Waals surface area contributed by atoms with E-state index in [0.717, 1.165) is 12.1 Å². The Balaban J connectivity index is 1.68. The topological polar surface area (TPSA) is 120 Å². The second-order valence-corrected chi connectivity index (χ2v) is 8.04. The van der Waals surface area contributed by atoms with Gasteiger partial charge in [0.05, 0.1) is 29.6 Å². The smallest absolute Gasteiger partial charge is 0.433 e. The fraction of sp³-hybridized carbons (Fsp3) is 0.364. The third-order valence-electron chi connectivity index (χ3n) is 5.54. The van der Waals surface area contributed by atoms with Crippen molar-refractivity contribution in [1.29, 1.82) is 0 Å². The number of rotatable bonds is 6. The number of carboxylic acids is 1. The molecule has 3 aromatic heterocycles. The summed E-state index contributed by atoms with van der Waals surface area (Å²) >= 11 is 0.